The van der Waals surface area contributed by atoms with Crippen LogP contribution in [0.15, 0.2) is 102 Å². The Balaban J connectivity index is 2.09. The maximum Gasteiger partial charge on any atom is 0.123 e. The van der Waals surface area contributed by atoms with Crippen molar-refractivity contribution in [2.24, 2.45) is 4.74 Å². The Labute approximate surface area is 179 Å². The van der Waals surface area contributed by atoms with Crippen molar-refractivity contribution in [1.29, 1.82) is 0 Å². The molecule has 0 aromatic heterocycles. The Morgan fingerprint density at radius 2 is 0.903 bits per heavy atom. The van der Waals surface area contributed by atoms with Gasteiger partial charge >= 0.3 is 0 Å². The Morgan fingerprint density at radius 3 is 1.23 bits per heavy atom. The molecule has 0 saturated heterocycles. The molecule has 4 aromatic rings. The first-order chi connectivity index (χ1) is 15.0. The van der Waals surface area contributed by atoms with Gasteiger partial charge in [-0.25, -0.2) is 13.2 Å². The van der Waals surface area contributed by atoms with Crippen LogP contribution >= 0.6 is 7.05 Å². The molecule has 0 aliphatic heterocycles. The number of benzene rings is 4. The van der Waals surface area contributed by atoms with Crippen molar-refractivity contribution in [3.63, 3.8) is 0 Å². The molecule has 4 aromatic carbocycles. The van der Waals surface area contributed by atoms with Crippen molar-refractivity contribution in [3.8, 4) is 5.75 Å². The topological polar surface area (TPSA) is 21.6 Å². The molecule has 0 fully saturated rings. The van der Waals surface area contributed by atoms with Gasteiger partial charge in [-0.05, 0) is 97.1 Å². The summed E-state index contributed by atoms with van der Waals surface area (Å²) < 4.78 is 51.7. The second-order valence-corrected chi connectivity index (χ2v) is 9.88. The summed E-state index contributed by atoms with van der Waals surface area (Å²) in [5, 5.41) is 2.30. The lowest BCUT2D eigenvalue weighted by Crippen LogP contribution is -2.25. The van der Waals surface area contributed by atoms with Gasteiger partial charge in [0.05, 0.1) is 19.9 Å². The highest BCUT2D eigenvalue weighted by molar-refractivity contribution is 7.87. The summed E-state index contributed by atoms with van der Waals surface area (Å²) >= 11 is 0. The van der Waals surface area contributed by atoms with Crippen LogP contribution in [0.5, 0.6) is 5.75 Å². The van der Waals surface area contributed by atoms with Crippen molar-refractivity contribution < 1.29 is 17.9 Å². The lowest BCUT2D eigenvalue weighted by molar-refractivity contribution is 0.415. The zero-order chi connectivity index (χ0) is 21.8. The minimum Gasteiger partial charge on any atom is -0.497 e. The quantitative estimate of drug-likeness (QED) is 0.355. The van der Waals surface area contributed by atoms with Crippen LogP contribution < -0.4 is 20.7 Å². The van der Waals surface area contributed by atoms with Gasteiger partial charge in [-0.1, -0.05) is 0 Å². The van der Waals surface area contributed by atoms with Crippen LogP contribution in [0.25, 0.3) is 0 Å². The van der Waals surface area contributed by atoms with E-state index in [1.165, 1.54) is 36.4 Å². The van der Waals surface area contributed by atoms with Crippen molar-refractivity contribution in [2.45, 2.75) is 0 Å². The molecule has 0 heterocycles. The van der Waals surface area contributed by atoms with Crippen molar-refractivity contribution in [3.05, 3.63) is 115 Å². The minimum absolute atomic E-state index is 0.371. The summed E-state index contributed by atoms with van der Waals surface area (Å²) in [6.45, 7) is 0. The van der Waals surface area contributed by atoms with E-state index >= 15 is 0 Å². The highest BCUT2D eigenvalue weighted by atomic mass is 31.2. The predicted molar refractivity (Wildman–Crippen MR) is 120 cm³/mol. The Morgan fingerprint density at radius 1 is 0.548 bits per heavy atom. The van der Waals surface area contributed by atoms with Crippen LogP contribution in [0, 0.1) is 17.5 Å². The van der Waals surface area contributed by atoms with E-state index in [2.05, 4.69) is 0 Å². The molecular weight excluding hydrogens is 418 g/mol. The Hall–Kier alpha value is -3.30. The SMILES string of the molecule is COc1ccc(N=P(c2ccc(F)cc2)(c2ccc(F)cc2)c2ccc(F)cc2)cc1. The third kappa shape index (κ3) is 4.28. The highest BCUT2D eigenvalue weighted by Crippen LogP contribution is 2.49. The minimum atomic E-state index is -2.77. The highest BCUT2D eigenvalue weighted by Gasteiger charge is 2.28. The molecule has 0 aliphatic rings. The number of halogens is 3. The van der Waals surface area contributed by atoms with Crippen molar-refractivity contribution in [1.82, 2.24) is 0 Å². The number of nitrogens with zero attached hydrogens (tertiary/aromatic N) is 1. The largest absolute Gasteiger partial charge is 0.497 e. The summed E-state index contributed by atoms with van der Waals surface area (Å²) in [7, 11) is -1.19. The van der Waals surface area contributed by atoms with E-state index < -0.39 is 7.05 Å². The lowest BCUT2D eigenvalue weighted by atomic mass is 10.3. The molecule has 0 aliphatic carbocycles. The zero-order valence-corrected chi connectivity index (χ0v) is 17.6. The molecule has 4 rings (SSSR count). The summed E-state index contributed by atoms with van der Waals surface area (Å²) in [6.07, 6.45) is 0. The normalized spacial score (nSPS) is 11.2. The van der Waals surface area contributed by atoms with Gasteiger partial charge in [-0.2, -0.15) is 0 Å². The maximum absolute atomic E-state index is 13.8. The monoisotopic (exact) mass is 437 g/mol. The smallest absolute Gasteiger partial charge is 0.123 e. The molecular formula is C25H19F3NOP. The molecule has 0 unspecified atom stereocenters. The third-order valence-electron chi connectivity index (χ3n) is 4.94. The predicted octanol–water partition coefficient (Wildman–Crippen LogP) is 5.92. The molecule has 0 bridgehead atoms. The standard InChI is InChI=1S/C25H19F3NOP/c1-30-22-10-8-21(9-11-22)29-31(23-12-2-18(26)3-13-23,24-14-4-19(27)5-15-24)25-16-6-20(28)7-17-25/h2-17H,1H3. The van der Waals surface area contributed by atoms with Crippen LogP contribution in [0.2, 0.25) is 0 Å². The summed E-state index contributed by atoms with van der Waals surface area (Å²) in [5.41, 5.74) is 0.673. The fourth-order valence-corrected chi connectivity index (χ4v) is 6.88. The summed E-state index contributed by atoms with van der Waals surface area (Å²) in [6, 6.07) is 25.6. The van der Waals surface area contributed by atoms with Crippen LogP contribution in [0.3, 0.4) is 0 Å². The molecule has 2 nitrogen and oxygen atoms in total. The molecule has 0 spiro atoms. The van der Waals surface area contributed by atoms with Gasteiger partial charge in [0.25, 0.3) is 0 Å². The number of methoxy groups -OCH3 is 1. The van der Waals surface area contributed by atoms with Gasteiger partial charge in [0.2, 0.25) is 0 Å². The number of hydrogen-bond acceptors (Lipinski definition) is 2. The second-order valence-electron chi connectivity index (χ2n) is 6.86. The molecule has 0 saturated carbocycles. The van der Waals surface area contributed by atoms with Gasteiger partial charge in [0, 0.05) is 15.9 Å². The second kappa shape index (κ2) is 8.83. The van der Waals surface area contributed by atoms with Crippen molar-refractivity contribution in [2.75, 3.05) is 7.11 Å². The van der Waals surface area contributed by atoms with Crippen LogP contribution in [-0.2, 0) is 0 Å². The Kier molecular flexibility index (Phi) is 5.97. The van der Waals surface area contributed by atoms with Crippen LogP contribution in [0.4, 0.5) is 18.9 Å². The van der Waals surface area contributed by atoms with Crippen LogP contribution in [0.1, 0.15) is 0 Å². The maximum atomic E-state index is 13.8. The molecule has 0 amide bonds. The number of rotatable bonds is 5. The first kappa shape index (κ1) is 21.0. The fraction of sp³-hybridized carbons (Fsp3) is 0.0400. The van der Waals surface area contributed by atoms with Gasteiger partial charge in [0.15, 0.2) is 0 Å². The van der Waals surface area contributed by atoms with Crippen molar-refractivity contribution >= 4 is 28.7 Å². The molecule has 0 N–H and O–H groups in total. The number of ether oxygens (including phenoxy) is 1. The van der Waals surface area contributed by atoms with E-state index in [9.17, 15) is 13.2 Å². The lowest BCUT2D eigenvalue weighted by Gasteiger charge is -2.27. The van der Waals surface area contributed by atoms with Gasteiger partial charge in [-0.3, -0.25) is 4.74 Å². The molecule has 0 radical (unpaired) electrons. The zero-order valence-electron chi connectivity index (χ0n) is 16.7. The average Bonchev–Trinajstić information content (AvgIpc) is 2.80. The van der Waals surface area contributed by atoms with Gasteiger partial charge in [-0.15, -0.1) is 0 Å². The third-order valence-corrected chi connectivity index (χ3v) is 8.61. The van der Waals surface area contributed by atoms with E-state index in [1.807, 2.05) is 12.1 Å². The Bertz CT molecular complexity index is 1100. The first-order valence-electron chi connectivity index (χ1n) is 9.56. The summed E-state index contributed by atoms with van der Waals surface area (Å²) in [5.74, 6) is -0.424. The summed E-state index contributed by atoms with van der Waals surface area (Å²) in [4.78, 5) is 0. The van der Waals surface area contributed by atoms with Gasteiger partial charge in [0.1, 0.15) is 23.2 Å². The van der Waals surface area contributed by atoms with E-state index in [4.69, 9.17) is 9.48 Å². The first-order valence-corrected chi connectivity index (χ1v) is 11.3. The molecule has 0 atom stereocenters. The fourth-order valence-electron chi connectivity index (χ4n) is 3.41. The van der Waals surface area contributed by atoms with Crippen LogP contribution in [-0.4, -0.2) is 7.11 Å². The van der Waals surface area contributed by atoms with E-state index in [-0.39, 0.29) is 17.5 Å². The average molecular weight is 437 g/mol. The van der Waals surface area contributed by atoms with E-state index in [1.54, 1.807) is 55.6 Å². The number of hydrogen-bond donors (Lipinski definition) is 0. The molecule has 6 heteroatoms. The van der Waals surface area contributed by atoms with E-state index in [0.717, 1.165) is 15.9 Å². The van der Waals surface area contributed by atoms with E-state index in [0.29, 0.717) is 11.4 Å². The molecule has 156 valence electrons. The van der Waals surface area contributed by atoms with Gasteiger partial charge < -0.3 is 4.74 Å². The molecule has 31 heavy (non-hydrogen) atoms.